The van der Waals surface area contributed by atoms with E-state index in [9.17, 15) is 0 Å². The minimum atomic E-state index is 0. The Bertz CT molecular complexity index is 13.5. The standard InChI is InChI=1S/C2H7NO.ClH.H3N/c1-3-4-2;;/h3H,1-2H3;1H;1H3. The van der Waals surface area contributed by atoms with Crippen LogP contribution in [0.2, 0.25) is 0 Å². The second-order valence-corrected chi connectivity index (χ2v) is 0.408. The van der Waals surface area contributed by atoms with Gasteiger partial charge in [-0.3, -0.25) is 0 Å². The number of nitrogens with one attached hydrogen (secondary N) is 1. The van der Waals surface area contributed by atoms with Crippen molar-refractivity contribution in [2.75, 3.05) is 14.2 Å². The molecule has 0 bridgehead atoms. The Labute approximate surface area is 44.0 Å². The highest BCUT2D eigenvalue weighted by Gasteiger charge is 1.45. The molecule has 0 aliphatic rings. The van der Waals surface area contributed by atoms with Crippen molar-refractivity contribution in [3.05, 3.63) is 0 Å². The van der Waals surface area contributed by atoms with Gasteiger partial charge >= 0.3 is 0 Å². The van der Waals surface area contributed by atoms with Crippen molar-refractivity contribution in [1.29, 1.82) is 0 Å². The summed E-state index contributed by atoms with van der Waals surface area (Å²) in [6.07, 6.45) is 0. The molecule has 0 aromatic heterocycles. The van der Waals surface area contributed by atoms with Crippen LogP contribution in [-0.4, -0.2) is 14.2 Å². The summed E-state index contributed by atoms with van der Waals surface area (Å²) >= 11 is 0. The highest BCUT2D eigenvalue weighted by Crippen LogP contribution is 1.32. The third-order valence-corrected chi connectivity index (χ3v) is 0.204. The van der Waals surface area contributed by atoms with Gasteiger partial charge in [0.25, 0.3) is 0 Å². The summed E-state index contributed by atoms with van der Waals surface area (Å²) in [7, 11) is 3.28. The first-order valence-electron chi connectivity index (χ1n) is 1.11. The van der Waals surface area contributed by atoms with Gasteiger partial charge in [0, 0.05) is 7.05 Å². The summed E-state index contributed by atoms with van der Waals surface area (Å²) < 4.78 is 0. The van der Waals surface area contributed by atoms with Crippen molar-refractivity contribution in [3.8, 4) is 0 Å². The fourth-order valence-corrected chi connectivity index (χ4v) is 0. The SMILES string of the molecule is CNOC.Cl.N. The zero-order valence-electron chi connectivity index (χ0n) is 4.02. The third-order valence-electron chi connectivity index (χ3n) is 0.204. The molecule has 6 heavy (non-hydrogen) atoms. The second kappa shape index (κ2) is 19.1. The lowest BCUT2D eigenvalue weighted by molar-refractivity contribution is 0.112. The molecule has 42 valence electrons. The van der Waals surface area contributed by atoms with Crippen LogP contribution in [0.4, 0.5) is 0 Å². The van der Waals surface area contributed by atoms with Crippen molar-refractivity contribution in [1.82, 2.24) is 11.6 Å². The summed E-state index contributed by atoms with van der Waals surface area (Å²) in [5.41, 5.74) is 2.43. The molecular formula is C2H11ClN2O. The molecule has 0 aliphatic heterocycles. The van der Waals surface area contributed by atoms with Crippen LogP contribution in [0.3, 0.4) is 0 Å². The molecule has 0 aromatic carbocycles. The highest BCUT2D eigenvalue weighted by molar-refractivity contribution is 5.85. The molecular weight excluding hydrogens is 103 g/mol. The number of hydrogen-bond donors (Lipinski definition) is 2. The lowest BCUT2D eigenvalue weighted by atomic mass is 11.5. The third kappa shape index (κ3) is 30.6. The van der Waals surface area contributed by atoms with Gasteiger partial charge in [0.2, 0.25) is 0 Å². The number of hydrogen-bond acceptors (Lipinski definition) is 3. The Hall–Kier alpha value is 0.170. The maximum atomic E-state index is 4.29. The van der Waals surface area contributed by atoms with E-state index in [2.05, 4.69) is 10.3 Å². The van der Waals surface area contributed by atoms with E-state index < -0.39 is 0 Å². The lowest BCUT2D eigenvalue weighted by Gasteiger charge is -1.80. The first-order chi connectivity index (χ1) is 1.91. The van der Waals surface area contributed by atoms with E-state index >= 15 is 0 Å². The fraction of sp³-hybridized carbons (Fsp3) is 1.00. The summed E-state index contributed by atoms with van der Waals surface area (Å²) in [5, 5.41) is 0. The van der Waals surface area contributed by atoms with E-state index in [1.54, 1.807) is 14.2 Å². The molecule has 0 aromatic rings. The monoisotopic (exact) mass is 114 g/mol. The second-order valence-electron chi connectivity index (χ2n) is 0.408. The Morgan fingerprint density at radius 1 is 1.50 bits per heavy atom. The molecule has 0 saturated carbocycles. The van der Waals surface area contributed by atoms with Gasteiger partial charge in [0.1, 0.15) is 0 Å². The van der Waals surface area contributed by atoms with Crippen molar-refractivity contribution < 1.29 is 4.84 Å². The van der Waals surface area contributed by atoms with Gasteiger partial charge in [-0.15, -0.1) is 12.4 Å². The molecule has 0 fully saturated rings. The number of halogens is 1. The van der Waals surface area contributed by atoms with E-state index in [0.29, 0.717) is 0 Å². The lowest BCUT2D eigenvalue weighted by Crippen LogP contribution is -2.00. The fourth-order valence-electron chi connectivity index (χ4n) is 0. The summed E-state index contributed by atoms with van der Waals surface area (Å²) in [4.78, 5) is 4.29. The molecule has 0 amide bonds. The molecule has 4 N–H and O–H groups in total. The van der Waals surface area contributed by atoms with Crippen molar-refractivity contribution >= 4 is 12.4 Å². The first-order valence-corrected chi connectivity index (χ1v) is 1.11. The van der Waals surface area contributed by atoms with Crippen LogP contribution in [0.5, 0.6) is 0 Å². The molecule has 0 rings (SSSR count). The predicted molar refractivity (Wildman–Crippen MR) is 28.3 cm³/mol. The van der Waals surface area contributed by atoms with Crippen molar-refractivity contribution in [2.24, 2.45) is 0 Å². The zero-order chi connectivity index (χ0) is 3.41. The normalized spacial score (nSPS) is 5.00. The average Bonchev–Trinajstić information content (AvgIpc) is 1.37. The number of rotatable bonds is 1. The average molecular weight is 115 g/mol. The highest BCUT2D eigenvalue weighted by atomic mass is 35.5. The van der Waals surface area contributed by atoms with Gasteiger partial charge in [-0.2, -0.15) is 0 Å². The van der Waals surface area contributed by atoms with Crippen LogP contribution in [0.25, 0.3) is 0 Å². The van der Waals surface area contributed by atoms with E-state index in [4.69, 9.17) is 0 Å². The van der Waals surface area contributed by atoms with E-state index in [1.165, 1.54) is 0 Å². The molecule has 0 aliphatic carbocycles. The van der Waals surface area contributed by atoms with E-state index in [-0.39, 0.29) is 18.6 Å². The van der Waals surface area contributed by atoms with Gasteiger partial charge in [-0.1, -0.05) is 0 Å². The van der Waals surface area contributed by atoms with Crippen LogP contribution < -0.4 is 11.6 Å². The molecule has 0 saturated heterocycles. The van der Waals surface area contributed by atoms with Gasteiger partial charge in [0.05, 0.1) is 7.11 Å². The summed E-state index contributed by atoms with van der Waals surface area (Å²) in [5.74, 6) is 0. The zero-order valence-corrected chi connectivity index (χ0v) is 4.84. The van der Waals surface area contributed by atoms with Gasteiger partial charge < -0.3 is 11.0 Å². The van der Waals surface area contributed by atoms with Crippen LogP contribution in [0, 0.1) is 0 Å². The molecule has 0 spiro atoms. The van der Waals surface area contributed by atoms with Crippen LogP contribution in [0.15, 0.2) is 0 Å². The van der Waals surface area contributed by atoms with Crippen molar-refractivity contribution in [2.45, 2.75) is 0 Å². The van der Waals surface area contributed by atoms with Gasteiger partial charge in [-0.25, -0.2) is 5.48 Å². The molecule has 0 radical (unpaired) electrons. The van der Waals surface area contributed by atoms with E-state index in [0.717, 1.165) is 0 Å². The first kappa shape index (κ1) is 16.4. The maximum absolute atomic E-state index is 4.29. The Balaban J connectivity index is -0.0000000450. The molecule has 0 heterocycles. The smallest absolute Gasteiger partial charge is 0.0572 e. The van der Waals surface area contributed by atoms with Crippen LogP contribution >= 0.6 is 12.4 Å². The minimum Gasteiger partial charge on any atom is -0.344 e. The molecule has 0 atom stereocenters. The topological polar surface area (TPSA) is 56.3 Å². The molecule has 0 unspecified atom stereocenters. The Kier molecular flexibility index (Phi) is 52.2. The quantitative estimate of drug-likeness (QED) is 0.484. The predicted octanol–water partition coefficient (Wildman–Crippen LogP) is 0.351. The van der Waals surface area contributed by atoms with Gasteiger partial charge in [-0.05, 0) is 0 Å². The van der Waals surface area contributed by atoms with Gasteiger partial charge in [0.15, 0.2) is 0 Å². The van der Waals surface area contributed by atoms with E-state index in [1.807, 2.05) is 0 Å². The molecule has 3 nitrogen and oxygen atoms in total. The van der Waals surface area contributed by atoms with Crippen LogP contribution in [0.1, 0.15) is 0 Å². The van der Waals surface area contributed by atoms with Crippen molar-refractivity contribution in [3.63, 3.8) is 0 Å². The van der Waals surface area contributed by atoms with Crippen LogP contribution in [-0.2, 0) is 4.84 Å². The Morgan fingerprint density at radius 3 is 1.67 bits per heavy atom. The summed E-state index contributed by atoms with van der Waals surface area (Å²) in [6, 6.07) is 0. The minimum absolute atomic E-state index is 0. The summed E-state index contributed by atoms with van der Waals surface area (Å²) in [6.45, 7) is 0. The maximum Gasteiger partial charge on any atom is 0.0572 e. The molecule has 4 heteroatoms. The Morgan fingerprint density at radius 2 is 1.67 bits per heavy atom. The largest absolute Gasteiger partial charge is 0.344 e. The number of hydroxylamine groups is 1.